The molecule has 1 aromatic carbocycles. The van der Waals surface area contributed by atoms with Gasteiger partial charge in [0.1, 0.15) is 11.4 Å². The minimum absolute atomic E-state index is 0.0367. The number of ether oxygens (including phenoxy) is 5. The van der Waals surface area contributed by atoms with Crippen LogP contribution in [0.15, 0.2) is 24.0 Å². The third kappa shape index (κ3) is 3.19. The summed E-state index contributed by atoms with van der Waals surface area (Å²) in [5.74, 6) is 0.527. The van der Waals surface area contributed by atoms with Gasteiger partial charge in [-0.15, -0.1) is 0 Å². The minimum atomic E-state index is -0.824. The van der Waals surface area contributed by atoms with Gasteiger partial charge in [-0.1, -0.05) is 24.9 Å². The molecule has 186 valence electrons. The van der Waals surface area contributed by atoms with E-state index < -0.39 is 11.3 Å². The summed E-state index contributed by atoms with van der Waals surface area (Å²) < 4.78 is 29.5. The van der Waals surface area contributed by atoms with Crippen molar-refractivity contribution in [2.75, 3.05) is 52.9 Å². The molecule has 0 aromatic heterocycles. The van der Waals surface area contributed by atoms with Crippen molar-refractivity contribution in [2.45, 2.75) is 43.6 Å². The van der Waals surface area contributed by atoms with E-state index in [1.807, 2.05) is 12.1 Å². The van der Waals surface area contributed by atoms with Crippen molar-refractivity contribution >= 4 is 23.3 Å². The number of nitrogens with zero attached hydrogens (tertiary/aromatic N) is 1. The van der Waals surface area contributed by atoms with E-state index >= 15 is 0 Å². The molecule has 1 N–H and O–H groups in total. The van der Waals surface area contributed by atoms with Crippen LogP contribution in [0.5, 0.6) is 5.75 Å². The number of benzene rings is 1. The maximum atomic E-state index is 12.7. The summed E-state index contributed by atoms with van der Waals surface area (Å²) in [6.07, 6.45) is 3.93. The normalized spacial score (nSPS) is 34.7. The van der Waals surface area contributed by atoms with Gasteiger partial charge in [0.25, 0.3) is 0 Å². The third-order valence-corrected chi connectivity index (χ3v) is 8.46. The number of methoxy groups -OCH3 is 3. The fraction of sp³-hybridized carbons (Fsp3) is 0.640. The topological polar surface area (TPSA) is 78.5 Å². The van der Waals surface area contributed by atoms with Crippen molar-refractivity contribution in [1.29, 1.82) is 0 Å². The molecule has 0 unspecified atom stereocenters. The molecule has 0 bridgehead atoms. The lowest BCUT2D eigenvalue weighted by Crippen LogP contribution is -2.75. The molecule has 0 spiro atoms. The minimum Gasteiger partial charge on any atom is -0.504 e. The zero-order valence-electron chi connectivity index (χ0n) is 20.2. The molecule has 4 aliphatic rings. The van der Waals surface area contributed by atoms with Crippen LogP contribution in [0.4, 0.5) is 5.69 Å². The van der Waals surface area contributed by atoms with E-state index in [0.717, 1.165) is 37.2 Å². The van der Waals surface area contributed by atoms with Gasteiger partial charge in [0.15, 0.2) is 5.72 Å². The molecule has 4 heterocycles. The van der Waals surface area contributed by atoms with E-state index in [4.69, 9.17) is 35.3 Å². The van der Waals surface area contributed by atoms with Crippen molar-refractivity contribution < 1.29 is 28.5 Å². The van der Waals surface area contributed by atoms with Crippen LogP contribution in [0.1, 0.15) is 31.7 Å². The van der Waals surface area contributed by atoms with Crippen LogP contribution in [0, 0.1) is 11.8 Å². The van der Waals surface area contributed by atoms with Crippen molar-refractivity contribution in [3.05, 3.63) is 34.6 Å². The Morgan fingerprint density at radius 3 is 2.79 bits per heavy atom. The molecule has 3 saturated heterocycles. The number of hydrogen-bond donors (Lipinski definition) is 1. The van der Waals surface area contributed by atoms with Gasteiger partial charge in [0, 0.05) is 18.8 Å². The molecular formula is C25H33ClN2O6. The van der Waals surface area contributed by atoms with Crippen LogP contribution in [-0.4, -0.2) is 70.3 Å². The van der Waals surface area contributed by atoms with Gasteiger partial charge < -0.3 is 29.0 Å². The Morgan fingerprint density at radius 1 is 1.29 bits per heavy atom. The fourth-order valence-corrected chi connectivity index (χ4v) is 7.00. The molecule has 9 heteroatoms. The Balaban J connectivity index is 1.61. The Bertz CT molecular complexity index is 1000. The first kappa shape index (κ1) is 23.7. The van der Waals surface area contributed by atoms with E-state index in [1.54, 1.807) is 20.5 Å². The molecule has 3 fully saturated rings. The maximum absolute atomic E-state index is 12.7. The second-order valence-electron chi connectivity index (χ2n) is 9.46. The number of piperidine rings is 2. The Labute approximate surface area is 205 Å². The number of carbonyl (C=O) groups is 1. The van der Waals surface area contributed by atoms with E-state index in [-0.39, 0.29) is 23.8 Å². The predicted molar refractivity (Wildman–Crippen MR) is 127 cm³/mol. The highest BCUT2D eigenvalue weighted by Crippen LogP contribution is 2.62. The van der Waals surface area contributed by atoms with Gasteiger partial charge in [0.05, 0.1) is 63.0 Å². The lowest BCUT2D eigenvalue weighted by molar-refractivity contribution is -0.297. The Hall–Kier alpha value is -2.00. The van der Waals surface area contributed by atoms with Gasteiger partial charge in [-0.05, 0) is 36.8 Å². The number of esters is 1. The molecule has 5 atom stereocenters. The van der Waals surface area contributed by atoms with Crippen LogP contribution in [0.2, 0.25) is 5.02 Å². The first-order valence-corrected chi connectivity index (χ1v) is 12.3. The summed E-state index contributed by atoms with van der Waals surface area (Å²) in [7, 11) is 4.61. The quantitative estimate of drug-likeness (QED) is 0.380. The number of halogens is 1. The van der Waals surface area contributed by atoms with Crippen LogP contribution < -0.4 is 10.1 Å². The highest BCUT2D eigenvalue weighted by molar-refractivity contribution is 6.32. The summed E-state index contributed by atoms with van der Waals surface area (Å²) in [6, 6.07) is 3.77. The second kappa shape index (κ2) is 8.90. The predicted octanol–water partition coefficient (Wildman–Crippen LogP) is 3.54. The number of nitrogens with one attached hydrogen (secondary N) is 1. The highest BCUT2D eigenvalue weighted by atomic mass is 35.5. The van der Waals surface area contributed by atoms with Crippen molar-refractivity contribution in [3.63, 3.8) is 0 Å². The summed E-state index contributed by atoms with van der Waals surface area (Å²) in [5, 5.41) is 4.27. The first-order valence-electron chi connectivity index (χ1n) is 11.9. The maximum Gasteiger partial charge on any atom is 0.337 e. The van der Waals surface area contributed by atoms with E-state index in [1.165, 1.54) is 7.11 Å². The molecule has 0 saturated carbocycles. The van der Waals surface area contributed by atoms with Gasteiger partial charge in [0.2, 0.25) is 0 Å². The average Bonchev–Trinajstić information content (AvgIpc) is 3.18. The van der Waals surface area contributed by atoms with Crippen molar-refractivity contribution in [2.24, 2.45) is 11.8 Å². The molecule has 34 heavy (non-hydrogen) atoms. The standard InChI is InChI=1S/C25H33ClN2O6/c1-5-15-13-28-9-8-24-21-19(7-6-18(26)22(21)31-3)27-25(24,34-11-10-33-24)20(28)12-16(15)17(14-30-2)23(29)32-4/h6-7,14-16,20,27H,5,8-13H2,1-4H3/b17-14-/t15-,16+,20+,24+,25+/m1/s1. The van der Waals surface area contributed by atoms with E-state index in [9.17, 15) is 4.79 Å². The molecule has 0 amide bonds. The lowest BCUT2D eigenvalue weighted by Gasteiger charge is -2.61. The summed E-state index contributed by atoms with van der Waals surface area (Å²) in [6.45, 7) is 4.83. The number of fused-ring (bicyclic) bond motifs is 2. The smallest absolute Gasteiger partial charge is 0.337 e. The Kier molecular flexibility index (Phi) is 6.21. The fourth-order valence-electron chi connectivity index (χ4n) is 6.77. The number of hydrogen-bond acceptors (Lipinski definition) is 8. The summed E-state index contributed by atoms with van der Waals surface area (Å²) in [5.41, 5.74) is 0.848. The van der Waals surface area contributed by atoms with Crippen LogP contribution in [0.25, 0.3) is 0 Å². The molecule has 0 radical (unpaired) electrons. The molecule has 0 aliphatic carbocycles. The molecule has 8 nitrogen and oxygen atoms in total. The van der Waals surface area contributed by atoms with Gasteiger partial charge >= 0.3 is 5.97 Å². The molecule has 5 rings (SSSR count). The average molecular weight is 493 g/mol. The Morgan fingerprint density at radius 2 is 2.09 bits per heavy atom. The van der Waals surface area contributed by atoms with Crippen LogP contribution in [0.3, 0.4) is 0 Å². The molecular weight excluding hydrogens is 460 g/mol. The van der Waals surface area contributed by atoms with Gasteiger partial charge in [-0.2, -0.15) is 0 Å². The highest BCUT2D eigenvalue weighted by Gasteiger charge is 2.70. The molecule has 1 aromatic rings. The van der Waals surface area contributed by atoms with E-state index in [2.05, 4.69) is 17.1 Å². The lowest BCUT2D eigenvalue weighted by atomic mass is 9.67. The van der Waals surface area contributed by atoms with Gasteiger partial charge in [-0.25, -0.2) is 4.79 Å². The zero-order valence-corrected chi connectivity index (χ0v) is 20.9. The van der Waals surface area contributed by atoms with Crippen molar-refractivity contribution in [3.8, 4) is 5.75 Å². The SMILES string of the molecule is CC[C@@H]1CN2CC[C@@]34OCCO[C@@]3(Nc3ccc(Cl)c(OC)c34)[C@@H]2C[C@@H]1/C(=C/OC)C(=O)OC. The van der Waals surface area contributed by atoms with E-state index in [0.29, 0.717) is 36.0 Å². The number of rotatable bonds is 5. The summed E-state index contributed by atoms with van der Waals surface area (Å²) >= 11 is 6.56. The first-order chi connectivity index (χ1) is 16.5. The van der Waals surface area contributed by atoms with Crippen LogP contribution >= 0.6 is 11.6 Å². The van der Waals surface area contributed by atoms with Gasteiger partial charge in [-0.3, -0.25) is 4.90 Å². The number of carbonyl (C=O) groups excluding carboxylic acids is 1. The number of anilines is 1. The monoisotopic (exact) mass is 492 g/mol. The largest absolute Gasteiger partial charge is 0.504 e. The second-order valence-corrected chi connectivity index (χ2v) is 9.87. The van der Waals surface area contributed by atoms with Crippen LogP contribution in [-0.2, 0) is 29.3 Å². The molecule has 4 aliphatic heterocycles. The third-order valence-electron chi connectivity index (χ3n) is 8.17. The van der Waals surface area contributed by atoms with Crippen molar-refractivity contribution in [1.82, 2.24) is 4.90 Å². The summed E-state index contributed by atoms with van der Waals surface area (Å²) in [4.78, 5) is 15.2. The zero-order chi connectivity index (χ0) is 24.1.